The first-order chi connectivity index (χ1) is 9.13. The highest BCUT2D eigenvalue weighted by Crippen LogP contribution is 2.26. The van der Waals surface area contributed by atoms with E-state index in [2.05, 4.69) is 5.32 Å². The number of nitro groups is 1. The van der Waals surface area contributed by atoms with E-state index in [1.54, 1.807) is 17.0 Å². The van der Waals surface area contributed by atoms with Gasteiger partial charge in [-0.25, -0.2) is 0 Å². The first kappa shape index (κ1) is 13.3. The van der Waals surface area contributed by atoms with Crippen molar-refractivity contribution in [3.63, 3.8) is 0 Å². The van der Waals surface area contributed by atoms with E-state index in [0.717, 1.165) is 25.9 Å². The van der Waals surface area contributed by atoms with Crippen LogP contribution in [0.5, 0.6) is 0 Å². The molecule has 0 bridgehead atoms. The zero-order valence-electron chi connectivity index (χ0n) is 10.9. The van der Waals surface area contributed by atoms with Crippen molar-refractivity contribution in [2.45, 2.75) is 19.8 Å². The van der Waals surface area contributed by atoms with Crippen LogP contribution < -0.4 is 5.32 Å². The summed E-state index contributed by atoms with van der Waals surface area (Å²) in [7, 11) is 0. The normalized spacial score (nSPS) is 14.5. The Hall–Kier alpha value is -2.11. The number of likely N-dealkylation sites (tertiary alicyclic amines) is 1. The van der Waals surface area contributed by atoms with Crippen molar-refractivity contribution in [1.82, 2.24) is 4.90 Å². The van der Waals surface area contributed by atoms with Crippen LogP contribution in [0.25, 0.3) is 0 Å². The highest BCUT2D eigenvalue weighted by Gasteiger charge is 2.22. The molecule has 1 aromatic carbocycles. The van der Waals surface area contributed by atoms with Crippen molar-refractivity contribution in [3.05, 3.63) is 33.9 Å². The monoisotopic (exact) mass is 263 g/mol. The van der Waals surface area contributed by atoms with Gasteiger partial charge in [0.15, 0.2) is 0 Å². The van der Waals surface area contributed by atoms with E-state index in [1.807, 2.05) is 6.92 Å². The van der Waals surface area contributed by atoms with Crippen molar-refractivity contribution in [3.8, 4) is 0 Å². The highest BCUT2D eigenvalue weighted by atomic mass is 16.6. The lowest BCUT2D eigenvalue weighted by Crippen LogP contribution is -2.27. The summed E-state index contributed by atoms with van der Waals surface area (Å²) in [6, 6.07) is 4.61. The van der Waals surface area contributed by atoms with Crippen molar-refractivity contribution in [2.24, 2.45) is 0 Å². The molecular formula is C13H17N3O3. The largest absolute Gasteiger partial charge is 0.380 e. The number of carbonyl (C=O) groups is 1. The van der Waals surface area contributed by atoms with E-state index in [9.17, 15) is 14.9 Å². The number of amides is 1. The molecule has 19 heavy (non-hydrogen) atoms. The summed E-state index contributed by atoms with van der Waals surface area (Å²) in [4.78, 5) is 24.5. The quantitative estimate of drug-likeness (QED) is 0.667. The van der Waals surface area contributed by atoms with Crippen LogP contribution in [0.15, 0.2) is 18.2 Å². The second-order valence-corrected chi connectivity index (χ2v) is 4.52. The van der Waals surface area contributed by atoms with E-state index in [-0.39, 0.29) is 11.6 Å². The lowest BCUT2D eigenvalue weighted by atomic mass is 10.1. The molecule has 0 radical (unpaired) electrons. The lowest BCUT2D eigenvalue weighted by molar-refractivity contribution is -0.384. The summed E-state index contributed by atoms with van der Waals surface area (Å²) in [5, 5.41) is 14.0. The van der Waals surface area contributed by atoms with Crippen LogP contribution in [-0.4, -0.2) is 35.4 Å². The standard InChI is InChI=1S/C13H17N3O3/c1-2-14-11-6-5-10(9-12(11)16(18)19)13(17)15-7-3-4-8-15/h5-6,9,14H,2-4,7-8H2,1H3. The number of nitro benzene ring substituents is 1. The predicted octanol–water partition coefficient (Wildman–Crippen LogP) is 2.26. The number of benzene rings is 1. The van der Waals surface area contributed by atoms with E-state index in [1.165, 1.54) is 6.07 Å². The summed E-state index contributed by atoms with van der Waals surface area (Å²) in [5.41, 5.74) is 0.785. The second-order valence-electron chi connectivity index (χ2n) is 4.52. The average molecular weight is 263 g/mol. The molecule has 1 N–H and O–H groups in total. The Morgan fingerprint density at radius 2 is 2.11 bits per heavy atom. The first-order valence-corrected chi connectivity index (χ1v) is 6.45. The van der Waals surface area contributed by atoms with Gasteiger partial charge in [0.1, 0.15) is 5.69 Å². The van der Waals surface area contributed by atoms with Crippen molar-refractivity contribution < 1.29 is 9.72 Å². The molecule has 0 atom stereocenters. The van der Waals surface area contributed by atoms with Crippen LogP contribution >= 0.6 is 0 Å². The average Bonchev–Trinajstić information content (AvgIpc) is 2.92. The van der Waals surface area contributed by atoms with Gasteiger partial charge in [0.25, 0.3) is 11.6 Å². The van der Waals surface area contributed by atoms with E-state index >= 15 is 0 Å². The highest BCUT2D eigenvalue weighted by molar-refractivity contribution is 5.95. The molecule has 1 fully saturated rings. The smallest absolute Gasteiger partial charge is 0.293 e. The predicted molar refractivity (Wildman–Crippen MR) is 72.4 cm³/mol. The lowest BCUT2D eigenvalue weighted by Gasteiger charge is -2.15. The minimum atomic E-state index is -0.460. The van der Waals surface area contributed by atoms with Crippen LogP contribution in [0, 0.1) is 10.1 Å². The summed E-state index contributed by atoms with van der Waals surface area (Å²) >= 11 is 0. The summed E-state index contributed by atoms with van der Waals surface area (Å²) < 4.78 is 0. The molecule has 0 aromatic heterocycles. The van der Waals surface area contributed by atoms with Crippen molar-refractivity contribution in [1.29, 1.82) is 0 Å². The van der Waals surface area contributed by atoms with Gasteiger partial charge in [0, 0.05) is 31.3 Å². The maximum Gasteiger partial charge on any atom is 0.293 e. The number of carbonyl (C=O) groups excluding carboxylic acids is 1. The maximum atomic E-state index is 12.2. The van der Waals surface area contributed by atoms with Crippen LogP contribution in [0.2, 0.25) is 0 Å². The molecule has 1 heterocycles. The van der Waals surface area contributed by atoms with Gasteiger partial charge >= 0.3 is 0 Å². The fourth-order valence-electron chi connectivity index (χ4n) is 2.26. The van der Waals surface area contributed by atoms with Gasteiger partial charge in [-0.05, 0) is 31.9 Å². The Labute approximate surface area is 111 Å². The molecule has 1 amide bonds. The summed E-state index contributed by atoms with van der Waals surface area (Å²) in [6.45, 7) is 3.94. The van der Waals surface area contributed by atoms with Crippen LogP contribution in [0.1, 0.15) is 30.1 Å². The first-order valence-electron chi connectivity index (χ1n) is 6.45. The number of hydrogen-bond donors (Lipinski definition) is 1. The summed E-state index contributed by atoms with van der Waals surface area (Å²) in [6.07, 6.45) is 2.01. The van der Waals surface area contributed by atoms with Gasteiger partial charge in [-0.15, -0.1) is 0 Å². The fraction of sp³-hybridized carbons (Fsp3) is 0.462. The topological polar surface area (TPSA) is 75.5 Å². The molecule has 102 valence electrons. The second kappa shape index (κ2) is 5.69. The molecule has 1 aliphatic heterocycles. The van der Waals surface area contributed by atoms with Gasteiger partial charge in [-0.1, -0.05) is 0 Å². The molecule has 1 aromatic rings. The minimum Gasteiger partial charge on any atom is -0.380 e. The number of rotatable bonds is 4. The zero-order chi connectivity index (χ0) is 13.8. The van der Waals surface area contributed by atoms with Gasteiger partial charge in [0.2, 0.25) is 0 Å². The number of nitrogens with zero attached hydrogens (tertiary/aromatic N) is 2. The number of hydrogen-bond acceptors (Lipinski definition) is 4. The number of nitrogens with one attached hydrogen (secondary N) is 1. The molecular weight excluding hydrogens is 246 g/mol. The minimum absolute atomic E-state index is 0.0492. The Balaban J connectivity index is 2.29. The van der Waals surface area contributed by atoms with E-state index in [4.69, 9.17) is 0 Å². The third-order valence-electron chi connectivity index (χ3n) is 3.20. The molecule has 0 aliphatic carbocycles. The van der Waals surface area contributed by atoms with Crippen LogP contribution in [-0.2, 0) is 0 Å². The van der Waals surface area contributed by atoms with Gasteiger partial charge in [-0.3, -0.25) is 14.9 Å². The number of anilines is 1. The molecule has 0 saturated carbocycles. The molecule has 0 unspecified atom stereocenters. The Morgan fingerprint density at radius 1 is 1.42 bits per heavy atom. The van der Waals surface area contributed by atoms with Crippen LogP contribution in [0.4, 0.5) is 11.4 Å². The molecule has 2 rings (SSSR count). The van der Waals surface area contributed by atoms with E-state index in [0.29, 0.717) is 17.8 Å². The molecule has 1 aliphatic rings. The Bertz CT molecular complexity index is 496. The Morgan fingerprint density at radius 3 is 2.68 bits per heavy atom. The Kier molecular flexibility index (Phi) is 3.99. The molecule has 6 nitrogen and oxygen atoms in total. The van der Waals surface area contributed by atoms with Crippen molar-refractivity contribution in [2.75, 3.05) is 25.0 Å². The zero-order valence-corrected chi connectivity index (χ0v) is 10.9. The third kappa shape index (κ3) is 2.83. The molecule has 0 spiro atoms. The van der Waals surface area contributed by atoms with Gasteiger partial charge < -0.3 is 10.2 Å². The van der Waals surface area contributed by atoms with Crippen molar-refractivity contribution >= 4 is 17.3 Å². The maximum absolute atomic E-state index is 12.2. The third-order valence-corrected chi connectivity index (χ3v) is 3.20. The molecule has 6 heteroatoms. The SMILES string of the molecule is CCNc1ccc(C(=O)N2CCCC2)cc1[N+](=O)[O-]. The molecule has 1 saturated heterocycles. The van der Waals surface area contributed by atoms with Gasteiger partial charge in [0.05, 0.1) is 4.92 Å². The van der Waals surface area contributed by atoms with E-state index < -0.39 is 4.92 Å². The summed E-state index contributed by atoms with van der Waals surface area (Å²) in [5.74, 6) is -0.122. The van der Waals surface area contributed by atoms with Gasteiger partial charge in [-0.2, -0.15) is 0 Å². The van der Waals surface area contributed by atoms with Crippen LogP contribution in [0.3, 0.4) is 0 Å². The fourth-order valence-corrected chi connectivity index (χ4v) is 2.26.